The highest BCUT2D eigenvalue weighted by molar-refractivity contribution is 9.09. The molecule has 1 aromatic heterocycles. The van der Waals surface area contributed by atoms with Crippen LogP contribution in [-0.2, 0) is 0 Å². The zero-order valence-corrected chi connectivity index (χ0v) is 19.1. The Hall–Kier alpha value is -2.70. The van der Waals surface area contributed by atoms with E-state index in [9.17, 15) is 0 Å². The normalized spacial score (nSPS) is 10.8. The minimum Gasteiger partial charge on any atom is -0.497 e. The SMILES string of the molecule is COc1cccc(-c2sc3cc(OC)ccc3c2Oc2ccc(OCCBr)cc2)c1. The first-order valence-electron chi connectivity index (χ1n) is 9.43. The third-order valence-electron chi connectivity index (χ3n) is 4.57. The topological polar surface area (TPSA) is 36.9 Å². The quantitative estimate of drug-likeness (QED) is 0.248. The number of methoxy groups -OCH3 is 2. The number of alkyl halides is 1. The Bertz CT molecular complexity index is 1140. The Labute approximate surface area is 188 Å². The molecule has 0 bridgehead atoms. The van der Waals surface area contributed by atoms with Crippen LogP contribution in [-0.4, -0.2) is 26.2 Å². The molecular weight excluding hydrogens is 464 g/mol. The van der Waals surface area contributed by atoms with Gasteiger partial charge >= 0.3 is 0 Å². The Morgan fingerprint density at radius 2 is 1.50 bits per heavy atom. The van der Waals surface area contributed by atoms with Gasteiger partial charge in [0.1, 0.15) is 23.0 Å². The first-order valence-corrected chi connectivity index (χ1v) is 11.4. The molecule has 1 heterocycles. The fourth-order valence-electron chi connectivity index (χ4n) is 3.11. The molecule has 3 aromatic carbocycles. The van der Waals surface area contributed by atoms with Gasteiger partial charge in [-0.25, -0.2) is 0 Å². The van der Waals surface area contributed by atoms with Crippen LogP contribution in [0.4, 0.5) is 0 Å². The molecule has 6 heteroatoms. The summed E-state index contributed by atoms with van der Waals surface area (Å²) < 4.78 is 23.9. The fourth-order valence-corrected chi connectivity index (χ4v) is 4.43. The van der Waals surface area contributed by atoms with Crippen molar-refractivity contribution in [3.8, 4) is 39.2 Å². The van der Waals surface area contributed by atoms with Gasteiger partial charge in [0.2, 0.25) is 0 Å². The summed E-state index contributed by atoms with van der Waals surface area (Å²) in [7, 11) is 3.35. The van der Waals surface area contributed by atoms with Gasteiger partial charge in [-0.2, -0.15) is 0 Å². The minimum atomic E-state index is 0.622. The van der Waals surface area contributed by atoms with Crippen molar-refractivity contribution in [1.29, 1.82) is 0 Å². The van der Waals surface area contributed by atoms with Crippen molar-refractivity contribution < 1.29 is 18.9 Å². The summed E-state index contributed by atoms with van der Waals surface area (Å²) in [6.45, 7) is 0.622. The van der Waals surface area contributed by atoms with Crippen LogP contribution in [0.2, 0.25) is 0 Å². The van der Waals surface area contributed by atoms with Gasteiger partial charge < -0.3 is 18.9 Å². The van der Waals surface area contributed by atoms with Crippen molar-refractivity contribution in [2.75, 3.05) is 26.2 Å². The molecule has 0 N–H and O–H groups in total. The van der Waals surface area contributed by atoms with Crippen molar-refractivity contribution in [1.82, 2.24) is 0 Å². The average Bonchev–Trinajstić information content (AvgIpc) is 3.16. The molecule has 4 rings (SSSR count). The van der Waals surface area contributed by atoms with Gasteiger partial charge in [-0.1, -0.05) is 28.1 Å². The summed E-state index contributed by atoms with van der Waals surface area (Å²) in [6.07, 6.45) is 0. The molecule has 0 saturated heterocycles. The maximum Gasteiger partial charge on any atom is 0.153 e. The lowest BCUT2D eigenvalue weighted by atomic mass is 10.1. The van der Waals surface area contributed by atoms with E-state index < -0.39 is 0 Å². The van der Waals surface area contributed by atoms with Crippen molar-refractivity contribution in [2.24, 2.45) is 0 Å². The molecule has 4 nitrogen and oxygen atoms in total. The fraction of sp³-hybridized carbons (Fsp3) is 0.167. The molecule has 0 aliphatic heterocycles. The lowest BCUT2D eigenvalue weighted by Gasteiger charge is -2.10. The Morgan fingerprint density at radius 3 is 2.23 bits per heavy atom. The van der Waals surface area contributed by atoms with Crippen LogP contribution >= 0.6 is 27.3 Å². The lowest BCUT2D eigenvalue weighted by Crippen LogP contribution is -1.97. The summed E-state index contributed by atoms with van der Waals surface area (Å²) in [5.41, 5.74) is 1.04. The molecule has 0 amide bonds. The largest absolute Gasteiger partial charge is 0.497 e. The Kier molecular flexibility index (Phi) is 6.45. The van der Waals surface area contributed by atoms with Crippen molar-refractivity contribution in [3.63, 3.8) is 0 Å². The highest BCUT2D eigenvalue weighted by atomic mass is 79.9. The predicted molar refractivity (Wildman–Crippen MR) is 126 cm³/mol. The van der Waals surface area contributed by atoms with E-state index in [-0.39, 0.29) is 0 Å². The molecule has 0 fully saturated rings. The highest BCUT2D eigenvalue weighted by Crippen LogP contribution is 2.47. The second-order valence-electron chi connectivity index (χ2n) is 6.47. The molecule has 0 atom stereocenters. The number of benzene rings is 3. The van der Waals surface area contributed by atoms with Crippen LogP contribution in [0.5, 0.6) is 28.7 Å². The molecule has 0 radical (unpaired) electrons. The Balaban J connectivity index is 1.76. The van der Waals surface area contributed by atoms with Crippen LogP contribution in [0.3, 0.4) is 0 Å². The maximum atomic E-state index is 6.39. The van der Waals surface area contributed by atoms with Crippen molar-refractivity contribution in [3.05, 3.63) is 66.7 Å². The van der Waals surface area contributed by atoms with Crippen LogP contribution in [0.25, 0.3) is 20.5 Å². The van der Waals surface area contributed by atoms with Crippen LogP contribution < -0.4 is 18.9 Å². The van der Waals surface area contributed by atoms with E-state index in [0.29, 0.717) is 6.61 Å². The number of hydrogen-bond donors (Lipinski definition) is 0. The van der Waals surface area contributed by atoms with Gasteiger partial charge in [-0.15, -0.1) is 11.3 Å². The maximum absolute atomic E-state index is 6.39. The first kappa shape index (κ1) is 20.6. The predicted octanol–water partition coefficient (Wildman–Crippen LogP) is 7.15. The molecule has 4 aromatic rings. The average molecular weight is 485 g/mol. The zero-order valence-electron chi connectivity index (χ0n) is 16.7. The number of hydrogen-bond acceptors (Lipinski definition) is 5. The van der Waals surface area contributed by atoms with Gasteiger partial charge in [-0.05, 0) is 60.2 Å². The Morgan fingerprint density at radius 1 is 0.800 bits per heavy atom. The number of thiophene rings is 1. The summed E-state index contributed by atoms with van der Waals surface area (Å²) in [5.74, 6) is 4.01. The van der Waals surface area contributed by atoms with Crippen LogP contribution in [0, 0.1) is 0 Å². The molecule has 30 heavy (non-hydrogen) atoms. The van der Waals surface area contributed by atoms with Crippen molar-refractivity contribution in [2.45, 2.75) is 0 Å². The smallest absolute Gasteiger partial charge is 0.153 e. The zero-order chi connectivity index (χ0) is 20.9. The lowest BCUT2D eigenvalue weighted by molar-refractivity contribution is 0.344. The second-order valence-corrected chi connectivity index (χ2v) is 8.31. The second kappa shape index (κ2) is 9.41. The molecule has 0 spiro atoms. The van der Waals surface area contributed by atoms with Crippen LogP contribution in [0.15, 0.2) is 66.7 Å². The summed E-state index contributed by atoms with van der Waals surface area (Å²) in [4.78, 5) is 1.04. The molecule has 0 saturated carbocycles. The van der Waals surface area contributed by atoms with Gasteiger partial charge in [-0.3, -0.25) is 0 Å². The van der Waals surface area contributed by atoms with Gasteiger partial charge in [0, 0.05) is 15.4 Å². The van der Waals surface area contributed by atoms with E-state index in [4.69, 9.17) is 18.9 Å². The number of rotatable bonds is 8. The van der Waals surface area contributed by atoms with Crippen molar-refractivity contribution >= 4 is 37.4 Å². The highest BCUT2D eigenvalue weighted by Gasteiger charge is 2.17. The summed E-state index contributed by atoms with van der Waals surface area (Å²) in [6, 6.07) is 21.7. The third-order valence-corrected chi connectivity index (χ3v) is 6.08. The monoisotopic (exact) mass is 484 g/mol. The molecule has 0 unspecified atom stereocenters. The van der Waals surface area contributed by atoms with Gasteiger partial charge in [0.15, 0.2) is 5.75 Å². The number of ether oxygens (including phenoxy) is 4. The van der Waals surface area contributed by atoms with E-state index in [1.807, 2.05) is 60.7 Å². The molecule has 0 aliphatic carbocycles. The van der Waals surface area contributed by atoms with Crippen LogP contribution in [0.1, 0.15) is 0 Å². The molecule has 0 aliphatic rings. The van der Waals surface area contributed by atoms with E-state index in [1.54, 1.807) is 25.6 Å². The standard InChI is InChI=1S/C24H21BrO4S/c1-26-19-5-3-4-16(14-19)24-23(21-11-10-20(27-2)15-22(21)30-24)29-18-8-6-17(7-9-18)28-13-12-25/h3-11,14-15H,12-13H2,1-2H3. The first-order chi connectivity index (χ1) is 14.7. The van der Waals surface area contributed by atoms with Gasteiger partial charge in [0.05, 0.1) is 25.7 Å². The number of fused-ring (bicyclic) bond motifs is 1. The summed E-state index contributed by atoms with van der Waals surface area (Å²) >= 11 is 5.04. The molecular formula is C24H21BrO4S. The van der Waals surface area contributed by atoms with E-state index in [0.717, 1.165) is 54.6 Å². The van der Waals surface area contributed by atoms with E-state index >= 15 is 0 Å². The molecule has 154 valence electrons. The van der Waals surface area contributed by atoms with E-state index in [2.05, 4.69) is 22.0 Å². The minimum absolute atomic E-state index is 0.622. The van der Waals surface area contributed by atoms with E-state index in [1.165, 1.54) is 0 Å². The number of halogens is 1. The summed E-state index contributed by atoms with van der Waals surface area (Å²) in [5, 5.41) is 1.83. The third kappa shape index (κ3) is 4.40. The van der Waals surface area contributed by atoms with Gasteiger partial charge in [0.25, 0.3) is 0 Å².